The van der Waals surface area contributed by atoms with E-state index in [-0.39, 0.29) is 28.3 Å². The van der Waals surface area contributed by atoms with Gasteiger partial charge >= 0.3 is 0 Å². The summed E-state index contributed by atoms with van der Waals surface area (Å²) in [5, 5.41) is 12.3. The van der Waals surface area contributed by atoms with Gasteiger partial charge in [-0.2, -0.15) is 10.2 Å². The topological polar surface area (TPSA) is 142 Å². The molecule has 0 spiro atoms. The van der Waals surface area contributed by atoms with Crippen molar-refractivity contribution < 1.29 is 26.9 Å². The summed E-state index contributed by atoms with van der Waals surface area (Å²) in [7, 11) is -1.19. The van der Waals surface area contributed by atoms with Crippen molar-refractivity contribution in [1.82, 2.24) is 9.45 Å². The van der Waals surface area contributed by atoms with Gasteiger partial charge in [0.1, 0.15) is 6.07 Å². The number of furan rings is 1. The molecule has 0 atom stereocenters. The summed E-state index contributed by atoms with van der Waals surface area (Å²) in [5.74, 6) is 0.643. The Balaban J connectivity index is 1.37. The fourth-order valence-corrected chi connectivity index (χ4v) is 4.62. The second-order valence-electron chi connectivity index (χ2n) is 7.63. The summed E-state index contributed by atoms with van der Waals surface area (Å²) in [6.07, 6.45) is 2.61. The molecule has 0 aliphatic carbocycles. The summed E-state index contributed by atoms with van der Waals surface area (Å²) in [6, 6.07) is 11.3. The summed E-state index contributed by atoms with van der Waals surface area (Å²) >= 11 is 0. The van der Waals surface area contributed by atoms with E-state index in [4.69, 9.17) is 13.7 Å². The standard InChI is InChI=1S/C22H23N5O6S/c1-26(31-2)34(29,30)17-7-5-16(6-8-17)24-20(28)15-9-11-27(12-10-15)22-18(14-23)25-21(33-22)19-4-3-13-32-19/h3-8,13,15H,9-12H2,1-2H3,(H,24,28). The molecule has 12 heteroatoms. The van der Waals surface area contributed by atoms with E-state index in [2.05, 4.69) is 10.3 Å². The first-order chi connectivity index (χ1) is 16.3. The SMILES string of the molecule is CON(C)S(=O)(=O)c1ccc(NC(=O)C2CCN(c3oc(-c4ccco4)nc3C#N)CC2)cc1. The van der Waals surface area contributed by atoms with Gasteiger partial charge in [-0.1, -0.05) is 4.47 Å². The van der Waals surface area contributed by atoms with Crippen LogP contribution >= 0.6 is 0 Å². The minimum Gasteiger partial charge on any atom is -0.459 e. The number of sulfonamides is 1. The molecule has 3 heterocycles. The van der Waals surface area contributed by atoms with Gasteiger partial charge in [0.15, 0.2) is 5.76 Å². The Kier molecular flexibility index (Phi) is 6.69. The Hall–Kier alpha value is -3.66. The molecule has 1 saturated heterocycles. The van der Waals surface area contributed by atoms with Crippen molar-refractivity contribution in [3.63, 3.8) is 0 Å². The Labute approximate surface area is 196 Å². The lowest BCUT2D eigenvalue weighted by Gasteiger charge is -2.31. The second-order valence-corrected chi connectivity index (χ2v) is 9.57. The van der Waals surface area contributed by atoms with Gasteiger partial charge in [0.25, 0.3) is 15.9 Å². The molecular formula is C22H23N5O6S. The maximum absolute atomic E-state index is 12.8. The molecule has 34 heavy (non-hydrogen) atoms. The van der Waals surface area contributed by atoms with Crippen molar-refractivity contribution in [1.29, 1.82) is 5.26 Å². The van der Waals surface area contributed by atoms with Crippen LogP contribution in [-0.2, 0) is 19.7 Å². The molecule has 0 radical (unpaired) electrons. The van der Waals surface area contributed by atoms with Gasteiger partial charge in [0.05, 0.1) is 18.3 Å². The number of oxazole rings is 1. The molecule has 178 valence electrons. The Morgan fingerprint density at radius 3 is 2.56 bits per heavy atom. The number of carbonyl (C=O) groups excluding carboxylic acids is 1. The highest BCUT2D eigenvalue weighted by molar-refractivity contribution is 7.89. The van der Waals surface area contributed by atoms with Crippen LogP contribution in [0.5, 0.6) is 0 Å². The minimum atomic E-state index is -3.76. The smallest absolute Gasteiger partial charge is 0.266 e. The van der Waals surface area contributed by atoms with Crippen LogP contribution in [0.2, 0.25) is 0 Å². The zero-order chi connectivity index (χ0) is 24.3. The number of piperidine rings is 1. The van der Waals surface area contributed by atoms with E-state index in [1.165, 1.54) is 44.7 Å². The van der Waals surface area contributed by atoms with E-state index < -0.39 is 10.0 Å². The number of rotatable bonds is 7. The van der Waals surface area contributed by atoms with E-state index >= 15 is 0 Å². The molecule has 1 N–H and O–H groups in total. The second kappa shape index (κ2) is 9.68. The van der Waals surface area contributed by atoms with Crippen molar-refractivity contribution in [3.05, 3.63) is 48.4 Å². The van der Waals surface area contributed by atoms with Crippen LogP contribution in [0.1, 0.15) is 18.5 Å². The predicted molar refractivity (Wildman–Crippen MR) is 121 cm³/mol. The number of hydroxylamine groups is 1. The third-order valence-electron chi connectivity index (χ3n) is 5.62. The molecule has 2 aromatic heterocycles. The number of anilines is 2. The fraction of sp³-hybridized carbons (Fsp3) is 0.318. The molecule has 3 aromatic rings. The summed E-state index contributed by atoms with van der Waals surface area (Å²) in [4.78, 5) is 23.7. The van der Waals surface area contributed by atoms with Crippen LogP contribution in [0.15, 0.2) is 56.4 Å². The van der Waals surface area contributed by atoms with Crippen LogP contribution in [0.3, 0.4) is 0 Å². The fourth-order valence-electron chi connectivity index (χ4n) is 3.65. The molecule has 0 unspecified atom stereocenters. The van der Waals surface area contributed by atoms with Gasteiger partial charge in [-0.3, -0.25) is 9.63 Å². The van der Waals surface area contributed by atoms with Crippen LogP contribution in [0, 0.1) is 17.2 Å². The molecule has 1 aliphatic heterocycles. The monoisotopic (exact) mass is 485 g/mol. The van der Waals surface area contributed by atoms with Crippen molar-refractivity contribution in [2.24, 2.45) is 5.92 Å². The number of nitriles is 1. The Morgan fingerprint density at radius 1 is 1.26 bits per heavy atom. The minimum absolute atomic E-state index is 0.0532. The number of amides is 1. The lowest BCUT2D eigenvalue weighted by atomic mass is 9.96. The summed E-state index contributed by atoms with van der Waals surface area (Å²) < 4.78 is 36.4. The summed E-state index contributed by atoms with van der Waals surface area (Å²) in [6.45, 7) is 1.03. The van der Waals surface area contributed by atoms with Gasteiger partial charge in [-0.05, 0) is 49.2 Å². The highest BCUT2D eigenvalue weighted by atomic mass is 32.2. The highest BCUT2D eigenvalue weighted by Crippen LogP contribution is 2.31. The zero-order valence-corrected chi connectivity index (χ0v) is 19.4. The Morgan fingerprint density at radius 2 is 1.97 bits per heavy atom. The average molecular weight is 486 g/mol. The lowest BCUT2D eigenvalue weighted by Crippen LogP contribution is -2.38. The number of benzene rings is 1. The molecule has 1 aromatic carbocycles. The maximum Gasteiger partial charge on any atom is 0.266 e. The molecular weight excluding hydrogens is 462 g/mol. The predicted octanol–water partition coefficient (Wildman–Crippen LogP) is 2.84. The number of carbonyl (C=O) groups is 1. The zero-order valence-electron chi connectivity index (χ0n) is 18.6. The van der Waals surface area contributed by atoms with Crippen molar-refractivity contribution in [2.45, 2.75) is 17.7 Å². The first kappa shape index (κ1) is 23.5. The van der Waals surface area contributed by atoms with Crippen molar-refractivity contribution >= 4 is 27.5 Å². The average Bonchev–Trinajstić information content (AvgIpc) is 3.54. The molecule has 0 bridgehead atoms. The van der Waals surface area contributed by atoms with E-state index in [0.29, 0.717) is 43.3 Å². The molecule has 11 nitrogen and oxygen atoms in total. The summed E-state index contributed by atoms with van der Waals surface area (Å²) in [5.41, 5.74) is 0.667. The van der Waals surface area contributed by atoms with Crippen LogP contribution in [-0.4, -0.2) is 51.0 Å². The van der Waals surface area contributed by atoms with E-state index in [9.17, 15) is 18.5 Å². The molecule has 1 amide bonds. The number of aromatic nitrogens is 1. The maximum atomic E-state index is 12.8. The van der Waals surface area contributed by atoms with Crippen LogP contribution in [0.25, 0.3) is 11.7 Å². The normalized spacial score (nSPS) is 14.8. The quantitative estimate of drug-likeness (QED) is 0.500. The van der Waals surface area contributed by atoms with Crippen LogP contribution < -0.4 is 10.2 Å². The third-order valence-corrected chi connectivity index (χ3v) is 7.31. The van der Waals surface area contributed by atoms with Gasteiger partial charge in [-0.25, -0.2) is 8.42 Å². The largest absolute Gasteiger partial charge is 0.459 e. The first-order valence-electron chi connectivity index (χ1n) is 10.5. The van der Waals surface area contributed by atoms with Gasteiger partial charge in [0.2, 0.25) is 17.5 Å². The molecule has 1 aliphatic rings. The highest BCUT2D eigenvalue weighted by Gasteiger charge is 2.29. The van der Waals surface area contributed by atoms with Gasteiger partial charge in [-0.15, -0.1) is 0 Å². The van der Waals surface area contributed by atoms with Crippen molar-refractivity contribution in [2.75, 3.05) is 37.5 Å². The van der Waals surface area contributed by atoms with E-state index in [1.807, 2.05) is 11.0 Å². The van der Waals surface area contributed by atoms with Crippen LogP contribution in [0.4, 0.5) is 11.6 Å². The van der Waals surface area contributed by atoms with E-state index in [0.717, 1.165) is 4.47 Å². The molecule has 4 rings (SSSR count). The number of nitrogens with one attached hydrogen (secondary N) is 1. The van der Waals surface area contributed by atoms with E-state index in [1.54, 1.807) is 12.1 Å². The van der Waals surface area contributed by atoms with Gasteiger partial charge < -0.3 is 19.1 Å². The number of hydrogen-bond acceptors (Lipinski definition) is 9. The Bertz CT molecular complexity index is 1290. The number of nitrogens with zero attached hydrogens (tertiary/aromatic N) is 4. The van der Waals surface area contributed by atoms with Gasteiger partial charge in [0, 0.05) is 31.7 Å². The lowest BCUT2D eigenvalue weighted by molar-refractivity contribution is -0.120. The third kappa shape index (κ3) is 4.67. The first-order valence-corrected chi connectivity index (χ1v) is 11.9. The molecule has 0 saturated carbocycles. The molecule has 1 fully saturated rings. The van der Waals surface area contributed by atoms with Crippen molar-refractivity contribution in [3.8, 4) is 17.7 Å². The number of hydrogen-bond donors (Lipinski definition) is 1.